The number of para-hydroxylation sites is 1. The Bertz CT molecular complexity index is 704. The van der Waals surface area contributed by atoms with E-state index in [1.807, 2.05) is 0 Å². The van der Waals surface area contributed by atoms with E-state index in [0.717, 1.165) is 4.90 Å². The Morgan fingerprint density at radius 2 is 1.29 bits per heavy atom. The lowest BCUT2D eigenvalue weighted by atomic mass is 10.0. The van der Waals surface area contributed by atoms with Crippen molar-refractivity contribution in [2.75, 3.05) is 11.9 Å². The summed E-state index contributed by atoms with van der Waals surface area (Å²) >= 11 is 0. The van der Waals surface area contributed by atoms with Crippen molar-refractivity contribution < 1.29 is 31.1 Å². The van der Waals surface area contributed by atoms with Crippen LogP contribution in [0.25, 0.3) is 0 Å². The SMILES string of the molecule is CN(C(=O)c1cc(C(F)(F)F)cc(C(F)(F)F)c1)c1ccccc1. The lowest BCUT2D eigenvalue weighted by Gasteiger charge is -2.19. The van der Waals surface area contributed by atoms with Crippen LogP contribution < -0.4 is 4.90 Å². The highest BCUT2D eigenvalue weighted by Gasteiger charge is 2.37. The monoisotopic (exact) mass is 347 g/mol. The molecule has 0 fully saturated rings. The first-order chi connectivity index (χ1) is 11.0. The fourth-order valence-electron chi connectivity index (χ4n) is 2.04. The van der Waals surface area contributed by atoms with Crippen LogP contribution in [-0.4, -0.2) is 13.0 Å². The van der Waals surface area contributed by atoms with Crippen LogP contribution >= 0.6 is 0 Å². The number of anilines is 1. The first kappa shape index (κ1) is 17.8. The van der Waals surface area contributed by atoms with Gasteiger partial charge in [0.2, 0.25) is 0 Å². The van der Waals surface area contributed by atoms with Crippen LogP contribution in [-0.2, 0) is 12.4 Å². The van der Waals surface area contributed by atoms with E-state index >= 15 is 0 Å². The van der Waals surface area contributed by atoms with Gasteiger partial charge in [-0.1, -0.05) is 18.2 Å². The minimum Gasteiger partial charge on any atom is -0.311 e. The topological polar surface area (TPSA) is 20.3 Å². The Kier molecular flexibility index (Phi) is 4.59. The molecule has 0 N–H and O–H groups in total. The Morgan fingerprint density at radius 1 is 0.833 bits per heavy atom. The summed E-state index contributed by atoms with van der Waals surface area (Å²) in [6.07, 6.45) is -10.00. The molecule has 0 aliphatic heterocycles. The maximum Gasteiger partial charge on any atom is 0.416 e. The third-order valence-corrected chi connectivity index (χ3v) is 3.28. The van der Waals surface area contributed by atoms with Gasteiger partial charge >= 0.3 is 12.4 Å². The number of hydrogen-bond acceptors (Lipinski definition) is 1. The summed E-state index contributed by atoms with van der Waals surface area (Å²) in [6, 6.07) is 8.67. The molecule has 2 aromatic rings. The fraction of sp³-hybridized carbons (Fsp3) is 0.188. The minimum absolute atomic E-state index is 0.0146. The summed E-state index contributed by atoms with van der Waals surface area (Å²) in [4.78, 5) is 13.3. The van der Waals surface area contributed by atoms with Crippen molar-refractivity contribution in [1.82, 2.24) is 0 Å². The van der Waals surface area contributed by atoms with Crippen molar-refractivity contribution in [3.8, 4) is 0 Å². The molecular weight excluding hydrogens is 336 g/mol. The lowest BCUT2D eigenvalue weighted by Crippen LogP contribution is -2.27. The number of amides is 1. The second-order valence-corrected chi connectivity index (χ2v) is 4.99. The summed E-state index contributed by atoms with van der Waals surface area (Å²) < 4.78 is 77.0. The second-order valence-electron chi connectivity index (χ2n) is 4.99. The number of carbonyl (C=O) groups is 1. The van der Waals surface area contributed by atoms with E-state index in [1.165, 1.54) is 19.2 Å². The molecule has 0 saturated carbocycles. The molecular formula is C16H11F6NO. The van der Waals surface area contributed by atoms with Crippen LogP contribution in [0.4, 0.5) is 32.0 Å². The molecule has 8 heteroatoms. The van der Waals surface area contributed by atoms with Crippen molar-refractivity contribution in [3.05, 3.63) is 65.2 Å². The zero-order valence-corrected chi connectivity index (χ0v) is 12.2. The predicted octanol–water partition coefficient (Wildman–Crippen LogP) is 5.00. The quantitative estimate of drug-likeness (QED) is 0.700. The molecule has 0 heterocycles. The van der Waals surface area contributed by atoms with Crippen LogP contribution in [0.5, 0.6) is 0 Å². The summed E-state index contributed by atoms with van der Waals surface area (Å²) in [7, 11) is 1.27. The maximum atomic E-state index is 12.8. The molecule has 0 aliphatic carbocycles. The summed E-state index contributed by atoms with van der Waals surface area (Å²) in [5.74, 6) is -0.974. The maximum absolute atomic E-state index is 12.8. The highest BCUT2D eigenvalue weighted by Crippen LogP contribution is 2.36. The zero-order valence-electron chi connectivity index (χ0n) is 12.2. The Balaban J connectivity index is 2.51. The van der Waals surface area contributed by atoms with Gasteiger partial charge in [0, 0.05) is 18.3 Å². The molecule has 0 bridgehead atoms. The van der Waals surface area contributed by atoms with Crippen molar-refractivity contribution >= 4 is 11.6 Å². The van der Waals surface area contributed by atoms with Gasteiger partial charge in [-0.3, -0.25) is 4.79 Å². The van der Waals surface area contributed by atoms with Gasteiger partial charge in [0.25, 0.3) is 5.91 Å². The molecule has 0 aliphatic rings. The van der Waals surface area contributed by atoms with Gasteiger partial charge in [-0.2, -0.15) is 26.3 Å². The summed E-state index contributed by atoms with van der Waals surface area (Å²) in [5.41, 5.74) is -3.40. The Labute approximate surface area is 133 Å². The minimum atomic E-state index is -5.00. The normalized spacial score (nSPS) is 12.1. The smallest absolute Gasteiger partial charge is 0.311 e. The standard InChI is InChI=1S/C16H11F6NO/c1-23(13-5-3-2-4-6-13)14(24)10-7-11(15(17,18)19)9-12(8-10)16(20,21)22/h2-9H,1H3. The molecule has 0 radical (unpaired) electrons. The third kappa shape index (κ3) is 3.87. The number of halogens is 6. The number of alkyl halides is 6. The van der Waals surface area contributed by atoms with Crippen molar-refractivity contribution in [2.24, 2.45) is 0 Å². The van der Waals surface area contributed by atoms with Crippen LogP contribution in [0.3, 0.4) is 0 Å². The number of carbonyl (C=O) groups excluding carboxylic acids is 1. The predicted molar refractivity (Wildman–Crippen MR) is 75.6 cm³/mol. The van der Waals surface area contributed by atoms with E-state index in [0.29, 0.717) is 17.8 Å². The number of nitrogens with zero attached hydrogens (tertiary/aromatic N) is 1. The Morgan fingerprint density at radius 3 is 1.71 bits per heavy atom. The van der Waals surface area contributed by atoms with E-state index in [-0.39, 0.29) is 6.07 Å². The molecule has 2 nitrogen and oxygen atoms in total. The molecule has 2 rings (SSSR count). The van der Waals surface area contributed by atoms with Gasteiger partial charge in [0.15, 0.2) is 0 Å². The molecule has 1 amide bonds. The number of rotatable bonds is 2. The highest BCUT2D eigenvalue weighted by atomic mass is 19.4. The van der Waals surface area contributed by atoms with E-state index in [4.69, 9.17) is 0 Å². The number of benzene rings is 2. The van der Waals surface area contributed by atoms with Crippen LogP contribution in [0.1, 0.15) is 21.5 Å². The molecule has 24 heavy (non-hydrogen) atoms. The second kappa shape index (κ2) is 6.18. The summed E-state index contributed by atoms with van der Waals surface area (Å²) in [5, 5.41) is 0. The fourth-order valence-corrected chi connectivity index (χ4v) is 2.04. The average molecular weight is 347 g/mol. The number of hydrogen-bond donors (Lipinski definition) is 0. The first-order valence-corrected chi connectivity index (χ1v) is 6.63. The summed E-state index contributed by atoms with van der Waals surface area (Å²) in [6.45, 7) is 0. The Hall–Kier alpha value is -2.51. The van der Waals surface area contributed by atoms with Crippen LogP contribution in [0.15, 0.2) is 48.5 Å². The zero-order chi connectivity index (χ0) is 18.1. The van der Waals surface area contributed by atoms with Gasteiger partial charge < -0.3 is 4.90 Å². The van der Waals surface area contributed by atoms with Gasteiger partial charge in [0.1, 0.15) is 0 Å². The van der Waals surface area contributed by atoms with Crippen molar-refractivity contribution in [3.63, 3.8) is 0 Å². The van der Waals surface area contributed by atoms with Crippen LogP contribution in [0, 0.1) is 0 Å². The average Bonchev–Trinajstić information content (AvgIpc) is 2.52. The largest absolute Gasteiger partial charge is 0.416 e. The van der Waals surface area contributed by atoms with Gasteiger partial charge in [-0.25, -0.2) is 0 Å². The molecule has 0 spiro atoms. The molecule has 0 aromatic heterocycles. The first-order valence-electron chi connectivity index (χ1n) is 6.63. The van der Waals surface area contributed by atoms with E-state index in [1.54, 1.807) is 18.2 Å². The van der Waals surface area contributed by atoms with Crippen molar-refractivity contribution in [1.29, 1.82) is 0 Å². The lowest BCUT2D eigenvalue weighted by molar-refractivity contribution is -0.143. The highest BCUT2D eigenvalue weighted by molar-refractivity contribution is 6.06. The molecule has 0 unspecified atom stereocenters. The molecule has 0 atom stereocenters. The molecule has 128 valence electrons. The molecule has 2 aromatic carbocycles. The van der Waals surface area contributed by atoms with Gasteiger partial charge in [-0.05, 0) is 30.3 Å². The van der Waals surface area contributed by atoms with E-state index < -0.39 is 35.0 Å². The third-order valence-electron chi connectivity index (χ3n) is 3.28. The van der Waals surface area contributed by atoms with E-state index in [2.05, 4.69) is 0 Å². The van der Waals surface area contributed by atoms with Crippen LogP contribution in [0.2, 0.25) is 0 Å². The van der Waals surface area contributed by atoms with E-state index in [9.17, 15) is 31.1 Å². The van der Waals surface area contributed by atoms with Gasteiger partial charge in [0.05, 0.1) is 11.1 Å². The van der Waals surface area contributed by atoms with Gasteiger partial charge in [-0.15, -0.1) is 0 Å². The molecule has 0 saturated heterocycles. The van der Waals surface area contributed by atoms with Crippen molar-refractivity contribution in [2.45, 2.75) is 12.4 Å².